The van der Waals surface area contributed by atoms with Gasteiger partial charge in [0.05, 0.1) is 15.6 Å². The molecule has 0 radical (unpaired) electrons. The van der Waals surface area contributed by atoms with Gasteiger partial charge in [-0.2, -0.15) is 0 Å². The molecule has 1 unspecified atom stereocenters. The Kier molecular flexibility index (Phi) is 4.34. The largest absolute Gasteiger partial charge is 0.506 e. The topological polar surface area (TPSA) is 95.5 Å². The molecule has 0 aliphatic carbocycles. The van der Waals surface area contributed by atoms with Gasteiger partial charge in [-0.3, -0.25) is 14.4 Å². The molecule has 128 valence electrons. The van der Waals surface area contributed by atoms with Crippen LogP contribution in [0.1, 0.15) is 43.6 Å². The Balaban J connectivity index is 1.81. The zero-order chi connectivity index (χ0) is 18.2. The molecule has 0 saturated heterocycles. The van der Waals surface area contributed by atoms with Gasteiger partial charge in [-0.15, -0.1) is 0 Å². The van der Waals surface area contributed by atoms with Crippen molar-refractivity contribution in [3.8, 4) is 5.75 Å². The first-order valence-electron chi connectivity index (χ1n) is 7.53. The van der Waals surface area contributed by atoms with Gasteiger partial charge < -0.3 is 15.7 Å². The first-order valence-corrected chi connectivity index (χ1v) is 8.33. The minimum absolute atomic E-state index is 0.0188. The zero-order valence-electron chi connectivity index (χ0n) is 13.3. The van der Waals surface area contributed by atoms with E-state index >= 15 is 0 Å². The summed E-state index contributed by atoms with van der Waals surface area (Å²) < 4.78 is 0.257. The molecule has 2 aromatic rings. The number of halogens is 1. The van der Waals surface area contributed by atoms with E-state index in [9.17, 15) is 19.5 Å². The number of rotatable bonds is 4. The summed E-state index contributed by atoms with van der Waals surface area (Å²) >= 11 is 3.12. The molecule has 3 N–H and O–H groups in total. The molecule has 0 aromatic heterocycles. The highest BCUT2D eigenvalue weighted by Gasteiger charge is 2.38. The van der Waals surface area contributed by atoms with Crippen LogP contribution in [0, 0.1) is 0 Å². The summed E-state index contributed by atoms with van der Waals surface area (Å²) in [6, 6.07) is 9.96. The number of carbonyl (C=O) groups excluding carboxylic acids is 3. The Bertz CT molecular complexity index is 897. The lowest BCUT2D eigenvalue weighted by Crippen LogP contribution is -2.46. The van der Waals surface area contributed by atoms with Crippen molar-refractivity contribution in [2.24, 2.45) is 0 Å². The number of phenols is 1. The van der Waals surface area contributed by atoms with E-state index in [0.717, 1.165) is 5.56 Å². The fourth-order valence-electron chi connectivity index (χ4n) is 2.89. The Morgan fingerprint density at radius 2 is 2.08 bits per heavy atom. The maximum atomic E-state index is 12.4. The van der Waals surface area contributed by atoms with Crippen LogP contribution in [0.15, 0.2) is 40.9 Å². The van der Waals surface area contributed by atoms with Crippen molar-refractivity contribution >= 4 is 34.0 Å². The van der Waals surface area contributed by atoms with E-state index in [0.29, 0.717) is 11.8 Å². The third-order valence-corrected chi connectivity index (χ3v) is 4.84. The fourth-order valence-corrected chi connectivity index (χ4v) is 3.36. The minimum atomic E-state index is -0.717. The van der Waals surface area contributed by atoms with Crippen LogP contribution in [0.2, 0.25) is 0 Å². The standard InChI is InChI=1S/C18H15BrN2O4/c1-18(13-5-3-2-4-12(13)17(25)21-18)9-20-16(24)10-6-11(8-22)15(23)14(19)7-10/h2-8,23H,9H2,1H3,(H,20,24)(H,21,25). The number of amides is 2. The summed E-state index contributed by atoms with van der Waals surface area (Å²) in [7, 11) is 0. The summed E-state index contributed by atoms with van der Waals surface area (Å²) in [5, 5.41) is 15.4. The van der Waals surface area contributed by atoms with Crippen molar-refractivity contribution in [2.45, 2.75) is 12.5 Å². The lowest BCUT2D eigenvalue weighted by molar-refractivity contribution is 0.0898. The molecular weight excluding hydrogens is 388 g/mol. The number of benzene rings is 2. The summed E-state index contributed by atoms with van der Waals surface area (Å²) in [4.78, 5) is 35.5. The van der Waals surface area contributed by atoms with Crippen molar-refractivity contribution in [3.05, 3.63) is 63.1 Å². The van der Waals surface area contributed by atoms with Crippen molar-refractivity contribution in [1.29, 1.82) is 0 Å². The highest BCUT2D eigenvalue weighted by atomic mass is 79.9. The third-order valence-electron chi connectivity index (χ3n) is 4.24. The fraction of sp³-hybridized carbons (Fsp3) is 0.167. The quantitative estimate of drug-likeness (QED) is 0.683. The van der Waals surface area contributed by atoms with Gasteiger partial charge in [0.15, 0.2) is 6.29 Å². The number of hydrogen-bond acceptors (Lipinski definition) is 4. The Hall–Kier alpha value is -2.67. The van der Waals surface area contributed by atoms with Gasteiger partial charge >= 0.3 is 0 Å². The van der Waals surface area contributed by atoms with E-state index in [4.69, 9.17) is 0 Å². The molecule has 25 heavy (non-hydrogen) atoms. The second-order valence-corrected chi connectivity index (χ2v) is 6.88. The average Bonchev–Trinajstić information content (AvgIpc) is 2.87. The molecule has 1 aliphatic heterocycles. The summed E-state index contributed by atoms with van der Waals surface area (Å²) in [6.07, 6.45) is 0.478. The summed E-state index contributed by atoms with van der Waals surface area (Å²) in [5.74, 6) is -0.804. The van der Waals surface area contributed by atoms with Gasteiger partial charge in [0.1, 0.15) is 5.75 Å². The number of fused-ring (bicyclic) bond motifs is 1. The Labute approximate surface area is 152 Å². The van der Waals surface area contributed by atoms with Crippen LogP contribution in [0.25, 0.3) is 0 Å². The minimum Gasteiger partial charge on any atom is -0.506 e. The number of aromatic hydroxyl groups is 1. The Morgan fingerprint density at radius 1 is 1.36 bits per heavy atom. The average molecular weight is 403 g/mol. The van der Waals surface area contributed by atoms with Crippen LogP contribution in [0.3, 0.4) is 0 Å². The molecule has 3 rings (SSSR count). The molecule has 0 bridgehead atoms. The van der Waals surface area contributed by atoms with E-state index in [2.05, 4.69) is 26.6 Å². The number of phenolic OH excluding ortho intramolecular Hbond substituents is 1. The van der Waals surface area contributed by atoms with E-state index < -0.39 is 11.4 Å². The normalized spacial score (nSPS) is 18.4. The maximum Gasteiger partial charge on any atom is 0.252 e. The molecule has 1 aliphatic rings. The third kappa shape index (κ3) is 3.02. The van der Waals surface area contributed by atoms with E-state index in [-0.39, 0.29) is 33.8 Å². The molecular formula is C18H15BrN2O4. The lowest BCUT2D eigenvalue weighted by atomic mass is 9.92. The van der Waals surface area contributed by atoms with Gasteiger partial charge in [0, 0.05) is 17.7 Å². The van der Waals surface area contributed by atoms with Gasteiger partial charge in [-0.05, 0) is 46.6 Å². The molecule has 6 nitrogen and oxygen atoms in total. The van der Waals surface area contributed by atoms with Crippen LogP contribution in [0.5, 0.6) is 5.75 Å². The van der Waals surface area contributed by atoms with Gasteiger partial charge in [0.25, 0.3) is 11.8 Å². The first kappa shape index (κ1) is 17.2. The second kappa shape index (κ2) is 6.33. The predicted molar refractivity (Wildman–Crippen MR) is 94.8 cm³/mol. The smallest absolute Gasteiger partial charge is 0.252 e. The highest BCUT2D eigenvalue weighted by molar-refractivity contribution is 9.10. The van der Waals surface area contributed by atoms with Crippen LogP contribution in [-0.2, 0) is 5.54 Å². The lowest BCUT2D eigenvalue weighted by Gasteiger charge is -2.26. The molecule has 1 atom stereocenters. The van der Waals surface area contributed by atoms with Gasteiger partial charge in [0.2, 0.25) is 0 Å². The van der Waals surface area contributed by atoms with Gasteiger partial charge in [-0.25, -0.2) is 0 Å². The number of hydrogen-bond donors (Lipinski definition) is 3. The molecule has 2 amide bonds. The van der Waals surface area contributed by atoms with E-state index in [1.54, 1.807) is 12.1 Å². The van der Waals surface area contributed by atoms with Crippen LogP contribution in [0.4, 0.5) is 0 Å². The molecule has 7 heteroatoms. The zero-order valence-corrected chi connectivity index (χ0v) is 14.9. The molecule has 1 heterocycles. The Morgan fingerprint density at radius 3 is 2.80 bits per heavy atom. The van der Waals surface area contributed by atoms with E-state index in [1.807, 2.05) is 19.1 Å². The first-order chi connectivity index (χ1) is 11.9. The van der Waals surface area contributed by atoms with Crippen molar-refractivity contribution < 1.29 is 19.5 Å². The number of nitrogens with one attached hydrogen (secondary N) is 2. The van der Waals surface area contributed by atoms with E-state index in [1.165, 1.54) is 12.1 Å². The summed E-state index contributed by atoms with van der Waals surface area (Å²) in [5.41, 5.74) is 0.944. The highest BCUT2D eigenvalue weighted by Crippen LogP contribution is 2.31. The predicted octanol–water partition coefficient (Wildman–Crippen LogP) is 2.36. The molecule has 2 aromatic carbocycles. The van der Waals surface area contributed by atoms with Crippen LogP contribution >= 0.6 is 15.9 Å². The maximum absolute atomic E-state index is 12.4. The SMILES string of the molecule is CC1(CNC(=O)c2cc(Br)c(O)c(C=O)c2)NC(=O)c2ccccc21. The van der Waals surface area contributed by atoms with Crippen LogP contribution < -0.4 is 10.6 Å². The molecule has 0 fully saturated rings. The van der Waals surface area contributed by atoms with Gasteiger partial charge in [-0.1, -0.05) is 18.2 Å². The molecule has 0 saturated carbocycles. The molecule has 0 spiro atoms. The van der Waals surface area contributed by atoms with Crippen molar-refractivity contribution in [3.63, 3.8) is 0 Å². The van der Waals surface area contributed by atoms with Crippen LogP contribution in [-0.4, -0.2) is 29.8 Å². The van der Waals surface area contributed by atoms with Crippen molar-refractivity contribution in [1.82, 2.24) is 10.6 Å². The monoisotopic (exact) mass is 402 g/mol. The second-order valence-electron chi connectivity index (χ2n) is 6.03. The van der Waals surface area contributed by atoms with Crippen molar-refractivity contribution in [2.75, 3.05) is 6.54 Å². The number of aldehydes is 1. The summed E-state index contributed by atoms with van der Waals surface area (Å²) in [6.45, 7) is 2.02. The number of carbonyl (C=O) groups is 3.